The number of hydrogen-bond acceptors (Lipinski definition) is 4. The zero-order valence-electron chi connectivity index (χ0n) is 11.4. The van der Waals surface area contributed by atoms with Crippen molar-refractivity contribution in [2.24, 2.45) is 0 Å². The number of fused-ring (bicyclic) bond motifs is 1. The smallest absolute Gasteiger partial charge is 0.224 e. The van der Waals surface area contributed by atoms with Gasteiger partial charge in [0, 0.05) is 25.8 Å². The van der Waals surface area contributed by atoms with E-state index in [4.69, 9.17) is 0 Å². The number of aromatic nitrogens is 2. The average molecular weight is 266 g/mol. The summed E-state index contributed by atoms with van der Waals surface area (Å²) in [7, 11) is 0. The van der Waals surface area contributed by atoms with Crippen LogP contribution in [0.3, 0.4) is 0 Å². The van der Waals surface area contributed by atoms with Gasteiger partial charge in [-0.2, -0.15) is 4.98 Å². The van der Waals surface area contributed by atoms with E-state index in [0.717, 1.165) is 25.3 Å². The van der Waals surface area contributed by atoms with Crippen LogP contribution in [0.25, 0.3) is 0 Å². The van der Waals surface area contributed by atoms with Gasteiger partial charge in [-0.25, -0.2) is 4.98 Å². The lowest BCUT2D eigenvalue weighted by atomic mass is 10.00. The van der Waals surface area contributed by atoms with Crippen LogP contribution in [-0.2, 0) is 13.0 Å². The molecule has 3 rings (SSSR count). The molecule has 0 radical (unpaired) electrons. The van der Waals surface area contributed by atoms with Crippen molar-refractivity contribution in [1.29, 1.82) is 0 Å². The molecule has 0 aliphatic carbocycles. The van der Waals surface area contributed by atoms with E-state index in [2.05, 4.69) is 51.0 Å². The minimum absolute atomic E-state index is 0.654. The summed E-state index contributed by atoms with van der Waals surface area (Å²) < 4.78 is 0. The van der Waals surface area contributed by atoms with Crippen molar-refractivity contribution in [3.8, 4) is 0 Å². The summed E-state index contributed by atoms with van der Waals surface area (Å²) in [6.45, 7) is 6.26. The van der Waals surface area contributed by atoms with Crippen LogP contribution in [0.5, 0.6) is 0 Å². The number of hydrogen-bond donors (Lipinski definition) is 1. The molecule has 2 aromatic rings. The maximum absolute atomic E-state index is 4.56. The van der Waals surface area contributed by atoms with Crippen molar-refractivity contribution in [2.75, 3.05) is 23.3 Å². The second-order valence-corrected chi connectivity index (χ2v) is 4.85. The van der Waals surface area contributed by atoms with Gasteiger partial charge in [0.05, 0.1) is 0 Å². The van der Waals surface area contributed by atoms with Crippen LogP contribution in [0.1, 0.15) is 11.1 Å². The van der Waals surface area contributed by atoms with Gasteiger partial charge in [-0.15, -0.1) is 6.58 Å². The van der Waals surface area contributed by atoms with E-state index in [0.29, 0.717) is 12.5 Å². The monoisotopic (exact) mass is 266 g/mol. The highest BCUT2D eigenvalue weighted by atomic mass is 15.2. The first-order valence-corrected chi connectivity index (χ1v) is 6.86. The molecule has 4 heteroatoms. The number of nitrogens with one attached hydrogen (secondary N) is 1. The molecular formula is C16H18N4. The highest BCUT2D eigenvalue weighted by Crippen LogP contribution is 2.23. The molecule has 0 spiro atoms. The van der Waals surface area contributed by atoms with E-state index >= 15 is 0 Å². The van der Waals surface area contributed by atoms with Crippen LogP contribution in [0.15, 0.2) is 49.2 Å². The second-order valence-electron chi connectivity index (χ2n) is 4.85. The van der Waals surface area contributed by atoms with Crippen LogP contribution in [0.2, 0.25) is 0 Å². The summed E-state index contributed by atoms with van der Waals surface area (Å²) in [5.74, 6) is 1.63. The van der Waals surface area contributed by atoms with Crippen molar-refractivity contribution in [3.05, 3.63) is 60.3 Å². The number of benzene rings is 1. The fraction of sp³-hybridized carbons (Fsp3) is 0.250. The molecule has 0 atom stereocenters. The van der Waals surface area contributed by atoms with Crippen molar-refractivity contribution < 1.29 is 0 Å². The minimum atomic E-state index is 0.654. The van der Waals surface area contributed by atoms with Crippen LogP contribution in [-0.4, -0.2) is 23.1 Å². The summed E-state index contributed by atoms with van der Waals surface area (Å²) in [6, 6.07) is 10.6. The molecule has 102 valence electrons. The van der Waals surface area contributed by atoms with Gasteiger partial charge in [0.2, 0.25) is 5.95 Å². The van der Waals surface area contributed by atoms with Gasteiger partial charge in [0.1, 0.15) is 5.82 Å². The molecule has 0 unspecified atom stereocenters. The molecule has 0 bridgehead atoms. The van der Waals surface area contributed by atoms with E-state index in [9.17, 15) is 0 Å². The molecule has 0 saturated carbocycles. The summed E-state index contributed by atoms with van der Waals surface area (Å²) in [4.78, 5) is 11.1. The Bertz CT molecular complexity index is 609. The van der Waals surface area contributed by atoms with Gasteiger partial charge in [0.25, 0.3) is 0 Å². The Morgan fingerprint density at radius 3 is 2.95 bits per heavy atom. The Morgan fingerprint density at radius 2 is 2.10 bits per heavy atom. The zero-order chi connectivity index (χ0) is 13.8. The van der Waals surface area contributed by atoms with Crippen LogP contribution in [0, 0.1) is 0 Å². The molecule has 1 aromatic carbocycles. The second kappa shape index (κ2) is 5.74. The molecule has 20 heavy (non-hydrogen) atoms. The van der Waals surface area contributed by atoms with E-state index in [-0.39, 0.29) is 0 Å². The Hall–Kier alpha value is -2.36. The Labute approximate surface area is 119 Å². The maximum Gasteiger partial charge on any atom is 0.224 e. The van der Waals surface area contributed by atoms with Gasteiger partial charge >= 0.3 is 0 Å². The Kier molecular flexibility index (Phi) is 3.63. The summed E-state index contributed by atoms with van der Waals surface area (Å²) in [5, 5.41) is 3.13. The summed E-state index contributed by atoms with van der Waals surface area (Å²) in [5.41, 5.74) is 2.83. The average Bonchev–Trinajstić information content (AvgIpc) is 2.53. The standard InChI is InChI=1S/C16H18N4/c1-2-9-17-16-18-10-7-15(19-16)20-11-8-13-5-3-4-6-14(13)12-20/h2-7,10H,1,8-9,11-12H2,(H,17,18,19). The van der Waals surface area contributed by atoms with E-state index < -0.39 is 0 Å². The van der Waals surface area contributed by atoms with Crippen molar-refractivity contribution in [3.63, 3.8) is 0 Å². The van der Waals surface area contributed by atoms with Crippen LogP contribution in [0.4, 0.5) is 11.8 Å². The molecule has 1 N–H and O–H groups in total. The molecule has 0 fully saturated rings. The lowest BCUT2D eigenvalue weighted by Gasteiger charge is -2.29. The van der Waals surface area contributed by atoms with Crippen molar-refractivity contribution in [2.45, 2.75) is 13.0 Å². The maximum atomic E-state index is 4.56. The van der Waals surface area contributed by atoms with Gasteiger partial charge in [-0.3, -0.25) is 0 Å². The third kappa shape index (κ3) is 2.64. The first-order chi connectivity index (χ1) is 9.86. The molecule has 0 amide bonds. The highest BCUT2D eigenvalue weighted by Gasteiger charge is 2.17. The fourth-order valence-corrected chi connectivity index (χ4v) is 2.47. The van der Waals surface area contributed by atoms with Crippen molar-refractivity contribution in [1.82, 2.24) is 9.97 Å². The normalized spacial score (nSPS) is 13.7. The van der Waals surface area contributed by atoms with Gasteiger partial charge in [0.15, 0.2) is 0 Å². The van der Waals surface area contributed by atoms with Crippen molar-refractivity contribution >= 4 is 11.8 Å². The quantitative estimate of drug-likeness (QED) is 0.864. The molecule has 1 aromatic heterocycles. The Morgan fingerprint density at radius 1 is 1.25 bits per heavy atom. The molecule has 2 heterocycles. The number of rotatable bonds is 4. The van der Waals surface area contributed by atoms with E-state index in [1.165, 1.54) is 11.1 Å². The predicted molar refractivity (Wildman–Crippen MR) is 81.9 cm³/mol. The van der Waals surface area contributed by atoms with Crippen LogP contribution >= 0.6 is 0 Å². The largest absolute Gasteiger partial charge is 0.352 e. The third-order valence-electron chi connectivity index (χ3n) is 3.50. The topological polar surface area (TPSA) is 41.1 Å². The molecule has 1 aliphatic rings. The van der Waals surface area contributed by atoms with E-state index in [1.807, 2.05) is 6.07 Å². The molecule has 0 saturated heterocycles. The van der Waals surface area contributed by atoms with Gasteiger partial charge in [-0.1, -0.05) is 30.3 Å². The van der Waals surface area contributed by atoms with Crippen LogP contribution < -0.4 is 10.2 Å². The summed E-state index contributed by atoms with van der Waals surface area (Å²) >= 11 is 0. The van der Waals surface area contributed by atoms with E-state index in [1.54, 1.807) is 12.3 Å². The Balaban J connectivity index is 1.79. The number of nitrogens with zero attached hydrogens (tertiary/aromatic N) is 3. The third-order valence-corrected chi connectivity index (χ3v) is 3.50. The fourth-order valence-electron chi connectivity index (χ4n) is 2.47. The van der Waals surface area contributed by atoms with Gasteiger partial charge < -0.3 is 10.2 Å². The zero-order valence-corrected chi connectivity index (χ0v) is 11.4. The molecule has 4 nitrogen and oxygen atoms in total. The summed E-state index contributed by atoms with van der Waals surface area (Å²) in [6.07, 6.45) is 4.66. The predicted octanol–water partition coefficient (Wildman–Crippen LogP) is 2.64. The highest BCUT2D eigenvalue weighted by molar-refractivity contribution is 5.46. The first-order valence-electron chi connectivity index (χ1n) is 6.86. The lowest BCUT2D eigenvalue weighted by Crippen LogP contribution is -2.31. The van der Waals surface area contributed by atoms with Gasteiger partial charge in [-0.05, 0) is 23.6 Å². The SMILES string of the molecule is C=CCNc1nccc(N2CCc3ccccc3C2)n1. The first kappa shape index (κ1) is 12.7. The number of anilines is 2. The molecule has 1 aliphatic heterocycles. The minimum Gasteiger partial charge on any atom is -0.352 e. The lowest BCUT2D eigenvalue weighted by molar-refractivity contribution is 0.720. The molecular weight excluding hydrogens is 248 g/mol.